The lowest BCUT2D eigenvalue weighted by Crippen LogP contribution is -2.61. The predicted octanol–water partition coefficient (Wildman–Crippen LogP) is -10.8. The molecule has 0 radical (unpaired) electrons. The molecule has 1 aliphatic heterocycles. The third-order valence-electron chi connectivity index (χ3n) is 11.3. The van der Waals surface area contributed by atoms with Crippen molar-refractivity contribution in [2.24, 2.45) is 17.2 Å². The van der Waals surface area contributed by atoms with Gasteiger partial charge in [-0.25, -0.2) is 0 Å². The Morgan fingerprint density at radius 2 is 0.961 bits per heavy atom. The number of carboxylic acid groups (broad SMARTS) is 2. The van der Waals surface area contributed by atoms with E-state index < -0.39 is 190 Å². The summed E-state index contributed by atoms with van der Waals surface area (Å²) in [6, 6.07) is -12.4. The van der Waals surface area contributed by atoms with Crippen LogP contribution in [0.25, 0.3) is 0 Å². The molecule has 1 saturated heterocycles. The van der Waals surface area contributed by atoms with E-state index in [0.717, 1.165) is 11.8 Å². The molecule has 76 heavy (non-hydrogen) atoms. The average molecular weight is 1090 g/mol. The lowest BCUT2D eigenvalue weighted by Gasteiger charge is -2.30. The molecule has 33 nitrogen and oxygen atoms in total. The highest BCUT2D eigenvalue weighted by Crippen LogP contribution is 2.20. The molecule has 1 aliphatic rings. The van der Waals surface area contributed by atoms with Gasteiger partial charge in [-0.2, -0.15) is 0 Å². The second-order valence-electron chi connectivity index (χ2n) is 17.3. The molecule has 33 heteroatoms. The van der Waals surface area contributed by atoms with Gasteiger partial charge in [0.1, 0.15) is 54.9 Å². The van der Waals surface area contributed by atoms with E-state index in [1.807, 2.05) is 0 Å². The Hall–Kier alpha value is -7.17. The molecule has 0 unspecified atom stereocenters. The molecule has 11 amide bonds. The highest BCUT2D eigenvalue weighted by atomic mass is 16.4. The first-order chi connectivity index (χ1) is 36.0. The van der Waals surface area contributed by atoms with Crippen LogP contribution in [0.1, 0.15) is 71.1 Å². The quantitative estimate of drug-likeness (QED) is 0.0257. The smallest absolute Gasteiger partial charge is 0.322 e. The van der Waals surface area contributed by atoms with Crippen molar-refractivity contribution in [3.05, 3.63) is 0 Å². The first-order valence-electron chi connectivity index (χ1n) is 24.3. The molecular formula is C43H74N14O19. The van der Waals surface area contributed by atoms with Crippen molar-refractivity contribution in [3.63, 3.8) is 0 Å². The number of aliphatic hydroxyl groups is 4. The van der Waals surface area contributed by atoms with Crippen LogP contribution in [-0.2, 0) is 62.3 Å². The molecule has 0 aromatic heterocycles. The van der Waals surface area contributed by atoms with E-state index in [2.05, 4.69) is 53.2 Å². The largest absolute Gasteiger partial charge is 0.481 e. The maximum absolute atomic E-state index is 14.0. The van der Waals surface area contributed by atoms with Gasteiger partial charge in [-0.1, -0.05) is 0 Å². The van der Waals surface area contributed by atoms with Gasteiger partial charge in [0.25, 0.3) is 0 Å². The number of carbonyl (C=O) groups excluding carboxylic acids is 11. The summed E-state index contributed by atoms with van der Waals surface area (Å²) < 4.78 is 0. The Morgan fingerprint density at radius 1 is 0.513 bits per heavy atom. The van der Waals surface area contributed by atoms with Crippen LogP contribution in [0.3, 0.4) is 0 Å². The molecule has 0 aromatic carbocycles. The third kappa shape index (κ3) is 24.5. The zero-order valence-corrected chi connectivity index (χ0v) is 42.0. The van der Waals surface area contributed by atoms with Gasteiger partial charge >= 0.3 is 11.9 Å². The number of carboxylic acids is 2. The molecule has 1 rings (SSSR count). The zero-order valence-electron chi connectivity index (χ0n) is 42.0. The van der Waals surface area contributed by atoms with Crippen LogP contribution in [0.15, 0.2) is 0 Å². The monoisotopic (exact) mass is 1090 g/mol. The molecular weight excluding hydrogens is 1020 g/mol. The predicted molar refractivity (Wildman–Crippen MR) is 260 cm³/mol. The number of aliphatic carboxylic acids is 2. The van der Waals surface area contributed by atoms with Gasteiger partial charge in [-0.3, -0.25) is 62.3 Å². The van der Waals surface area contributed by atoms with Crippen molar-refractivity contribution in [2.75, 3.05) is 65.6 Å². The van der Waals surface area contributed by atoms with Crippen LogP contribution >= 0.6 is 0 Å². The summed E-state index contributed by atoms with van der Waals surface area (Å²) in [4.78, 5) is 167. The summed E-state index contributed by atoms with van der Waals surface area (Å²) in [7, 11) is 0. The van der Waals surface area contributed by atoms with Crippen LogP contribution in [0.5, 0.6) is 0 Å². The highest BCUT2D eigenvalue weighted by Gasteiger charge is 2.40. The Balaban J connectivity index is 3.08. The fraction of sp³-hybridized carbons (Fsp3) is 0.698. The molecule has 9 atom stereocenters. The summed E-state index contributed by atoms with van der Waals surface area (Å²) in [5.41, 5.74) is 16.3. The fourth-order valence-electron chi connectivity index (χ4n) is 7.21. The second kappa shape index (κ2) is 35.9. The van der Waals surface area contributed by atoms with E-state index >= 15 is 0 Å². The molecule has 0 aliphatic carbocycles. The normalized spacial score (nSPS) is 16.1. The highest BCUT2D eigenvalue weighted by molar-refractivity contribution is 5.98. The van der Waals surface area contributed by atoms with Crippen molar-refractivity contribution >= 4 is 76.9 Å². The lowest BCUT2D eigenvalue weighted by atomic mass is 10.1. The minimum atomic E-state index is -1.78. The summed E-state index contributed by atoms with van der Waals surface area (Å²) >= 11 is 0. The van der Waals surface area contributed by atoms with Gasteiger partial charge in [0.15, 0.2) is 0 Å². The van der Waals surface area contributed by atoms with Crippen molar-refractivity contribution in [1.29, 1.82) is 0 Å². The number of rotatable bonds is 37. The first-order valence-corrected chi connectivity index (χ1v) is 24.3. The molecule has 1 heterocycles. The van der Waals surface area contributed by atoms with Gasteiger partial charge in [-0.15, -0.1) is 0 Å². The number of nitrogens with zero attached hydrogens (tertiary/aromatic N) is 1. The van der Waals surface area contributed by atoms with Crippen LogP contribution in [-0.4, -0.2) is 233 Å². The van der Waals surface area contributed by atoms with Gasteiger partial charge in [0.05, 0.1) is 45.6 Å². The number of hydrogen-bond donors (Lipinski definition) is 19. The third-order valence-corrected chi connectivity index (χ3v) is 11.3. The van der Waals surface area contributed by atoms with Crippen molar-refractivity contribution < 1.29 is 93.0 Å². The summed E-state index contributed by atoms with van der Waals surface area (Å²) in [6.07, 6.45) is -0.973. The number of likely N-dealkylation sites (tertiary alicyclic amines) is 1. The first kappa shape index (κ1) is 66.8. The van der Waals surface area contributed by atoms with Gasteiger partial charge in [0.2, 0.25) is 65.0 Å². The summed E-state index contributed by atoms with van der Waals surface area (Å²) in [6.45, 7) is -4.39. The van der Waals surface area contributed by atoms with Crippen LogP contribution in [0, 0.1) is 0 Å². The minimum absolute atomic E-state index is 0.0179. The lowest BCUT2D eigenvalue weighted by molar-refractivity contribution is -0.142. The van der Waals surface area contributed by atoms with Crippen molar-refractivity contribution in [1.82, 2.24) is 58.1 Å². The molecule has 0 bridgehead atoms. The number of nitrogens with one attached hydrogen (secondary N) is 10. The number of amides is 11. The second-order valence-corrected chi connectivity index (χ2v) is 17.3. The Bertz CT molecular complexity index is 2020. The Morgan fingerprint density at radius 3 is 1.46 bits per heavy atom. The number of hydrogen-bond acceptors (Lipinski definition) is 20. The molecule has 0 spiro atoms. The minimum Gasteiger partial charge on any atom is -0.481 e. The Labute approximate surface area is 435 Å². The topological polar surface area (TPSA) is 545 Å². The zero-order chi connectivity index (χ0) is 57.5. The van der Waals surface area contributed by atoms with Crippen LogP contribution in [0.4, 0.5) is 0 Å². The maximum atomic E-state index is 14.0. The van der Waals surface area contributed by atoms with Crippen molar-refractivity contribution in [2.45, 2.75) is 126 Å². The molecule has 1 fully saturated rings. The fourth-order valence-corrected chi connectivity index (χ4v) is 7.21. The number of nitrogens with two attached hydrogens (primary N) is 3. The standard InChI is InChI=1S/C43H74N14O19/c1-22(61)35(56-40(73)27(20-59)52-30(62)15-46)42(75)55-26(19-58)38(71)48-17-32(64)51-25(8-3-5-13-45)43(76)57-14-6-9-29(57)41(74)54-28(21-60)39(72)53-24(10-11-33(65)66)37(70)47-16-31(63)50-23(7-2-4-12-44)36(69)49-18-34(67)68/h22-29,35,58-61H,2-21,44-46H2,1H3,(H,47,70)(H,48,71)(H,49,69)(H,50,63)(H,51,64)(H,52,62)(H,53,72)(H,54,74)(H,55,75)(H,56,73)(H,65,66)(H,67,68)/t22-,23+,24+,25+,26+,27+,28+,29+,35+/m1/s1. The summed E-state index contributed by atoms with van der Waals surface area (Å²) in [5.74, 6) is -13.6. The van der Waals surface area contributed by atoms with Crippen LogP contribution in [0.2, 0.25) is 0 Å². The van der Waals surface area contributed by atoms with E-state index in [1.54, 1.807) is 0 Å². The van der Waals surface area contributed by atoms with Crippen LogP contribution < -0.4 is 70.4 Å². The van der Waals surface area contributed by atoms with E-state index in [0.29, 0.717) is 19.3 Å². The SMILES string of the molecule is C[C@@H](O)[C@H](NC(=O)[C@H](CO)NC(=O)CN)C(=O)N[C@@H](CO)C(=O)NCC(=O)N[C@@H](CCCCN)C(=O)N1CCC[C@H]1C(=O)N[C@@H](CO)C(=O)N[C@@H](CCC(=O)O)C(=O)NCC(=O)N[C@@H](CCCCN)C(=O)NCC(=O)O. The van der Waals surface area contributed by atoms with Gasteiger partial charge < -0.3 is 106 Å². The number of carbonyl (C=O) groups is 13. The van der Waals surface area contributed by atoms with Gasteiger partial charge in [0, 0.05) is 13.0 Å². The van der Waals surface area contributed by atoms with Crippen molar-refractivity contribution in [3.8, 4) is 0 Å². The van der Waals surface area contributed by atoms with E-state index in [-0.39, 0.29) is 51.7 Å². The molecule has 430 valence electrons. The van der Waals surface area contributed by atoms with E-state index in [1.165, 1.54) is 0 Å². The summed E-state index contributed by atoms with van der Waals surface area (Å²) in [5, 5.41) is 80.1. The van der Waals surface area contributed by atoms with Gasteiger partial charge in [-0.05, 0) is 77.8 Å². The maximum Gasteiger partial charge on any atom is 0.322 e. The average Bonchev–Trinajstić information content (AvgIpc) is 3.88. The molecule has 22 N–H and O–H groups in total. The number of unbranched alkanes of at least 4 members (excludes halogenated alkanes) is 2. The van der Waals surface area contributed by atoms with E-state index in [4.69, 9.17) is 22.3 Å². The molecule has 0 aromatic rings. The van der Waals surface area contributed by atoms with E-state index in [9.17, 15) is 87.9 Å². The molecule has 0 saturated carbocycles. The number of aliphatic hydroxyl groups excluding tert-OH is 4. The Kier molecular flexibility index (Phi) is 31.6.